The van der Waals surface area contributed by atoms with Gasteiger partial charge < -0.3 is 4.55 Å². The summed E-state index contributed by atoms with van der Waals surface area (Å²) >= 11 is 0. The van der Waals surface area contributed by atoms with Gasteiger partial charge in [0.15, 0.2) is 0 Å². The number of non-ortho nitro benzene ring substituents is 1. The zero-order valence-corrected chi connectivity index (χ0v) is 16.7. The summed E-state index contributed by atoms with van der Waals surface area (Å²) in [6.45, 7) is 0. The molecule has 0 aliphatic heterocycles. The van der Waals surface area contributed by atoms with Crippen molar-refractivity contribution in [2.75, 3.05) is 0 Å². The molecule has 0 saturated carbocycles. The van der Waals surface area contributed by atoms with Crippen molar-refractivity contribution in [2.24, 2.45) is 0 Å². The summed E-state index contributed by atoms with van der Waals surface area (Å²) in [6.07, 6.45) is 0. The summed E-state index contributed by atoms with van der Waals surface area (Å²) in [7, 11) is -5.55. The van der Waals surface area contributed by atoms with Crippen molar-refractivity contribution in [3.63, 3.8) is 0 Å². The first kappa shape index (κ1) is 19.4. The minimum absolute atomic E-state index is 0. The van der Waals surface area contributed by atoms with E-state index < -0.39 is 46.8 Å². The fourth-order valence-corrected chi connectivity index (χ4v) is 2.00. The van der Waals surface area contributed by atoms with Gasteiger partial charge in [-0.2, -0.15) is 0 Å². The molecule has 1 aromatic carbocycles. The summed E-state index contributed by atoms with van der Waals surface area (Å²) < 4.78 is 32.5. The van der Waals surface area contributed by atoms with Gasteiger partial charge in [0.1, 0.15) is 10.1 Å². The quantitative estimate of drug-likeness (QED) is 0.281. The number of rotatable bonds is 4. The van der Waals surface area contributed by atoms with Crippen molar-refractivity contribution in [3.8, 4) is 0 Å². The zero-order chi connectivity index (χ0) is 15.0. The number of nitro benzene ring substituents is 3. The fourth-order valence-electron chi connectivity index (χ4n) is 1.22. The first-order chi connectivity index (χ1) is 8.55. The fraction of sp³-hybridized carbons (Fsp3) is 0. The molecule has 1 rings (SSSR count). The number of nitro groups is 3. The molecule has 0 fully saturated rings. The largest absolute Gasteiger partial charge is 1.00 e. The van der Waals surface area contributed by atoms with E-state index in [1.165, 1.54) is 0 Å². The van der Waals surface area contributed by atoms with Gasteiger partial charge in [0.2, 0.25) is 4.90 Å². The van der Waals surface area contributed by atoms with E-state index in [1.807, 2.05) is 0 Å². The smallest absolute Gasteiger partial charge is 0.744 e. The molecule has 0 saturated heterocycles. The molecule has 0 unspecified atom stereocenters. The van der Waals surface area contributed by atoms with Crippen LogP contribution in [0, 0.1) is 30.3 Å². The third-order valence-electron chi connectivity index (χ3n) is 1.89. The van der Waals surface area contributed by atoms with Crippen molar-refractivity contribution < 1.29 is 96.6 Å². The second-order valence-electron chi connectivity index (χ2n) is 3.04. The Morgan fingerprint density at radius 2 is 1.20 bits per heavy atom. The van der Waals surface area contributed by atoms with Crippen LogP contribution in [-0.4, -0.2) is 27.7 Å². The third-order valence-corrected chi connectivity index (χ3v) is 2.81. The maximum atomic E-state index is 10.8. The number of benzene rings is 1. The second kappa shape index (κ2) is 6.89. The number of hydrogen-bond acceptors (Lipinski definition) is 9. The van der Waals surface area contributed by atoms with Crippen LogP contribution < -0.4 is 68.9 Å². The average Bonchev–Trinajstić information content (AvgIpc) is 2.25. The molecule has 102 valence electrons. The van der Waals surface area contributed by atoms with E-state index in [2.05, 4.69) is 0 Å². The first-order valence-corrected chi connectivity index (χ1v) is 5.53. The van der Waals surface area contributed by atoms with Crippen molar-refractivity contribution >= 4 is 27.2 Å². The van der Waals surface area contributed by atoms with Gasteiger partial charge in [-0.15, -0.1) is 0 Å². The summed E-state index contributed by atoms with van der Waals surface area (Å²) in [5.74, 6) is 0. The van der Waals surface area contributed by atoms with Crippen LogP contribution in [0.5, 0.6) is 0 Å². The Balaban J connectivity index is 0.00000361. The van der Waals surface area contributed by atoms with Crippen LogP contribution in [0.4, 0.5) is 17.1 Å². The predicted molar refractivity (Wildman–Crippen MR) is 54.4 cm³/mol. The average molecular weight is 425 g/mol. The van der Waals surface area contributed by atoms with E-state index >= 15 is 0 Å². The maximum Gasteiger partial charge on any atom is 1.00 e. The molecular formula is C6H2CsN3O9S. The molecular weight excluding hydrogens is 423 g/mol. The van der Waals surface area contributed by atoms with Gasteiger partial charge in [-0.25, -0.2) is 8.42 Å². The van der Waals surface area contributed by atoms with Crippen LogP contribution in [0.1, 0.15) is 0 Å². The summed E-state index contributed by atoms with van der Waals surface area (Å²) in [6, 6.07) is 0.329. The van der Waals surface area contributed by atoms with E-state index in [9.17, 15) is 43.3 Å². The van der Waals surface area contributed by atoms with Crippen LogP contribution in [0.15, 0.2) is 17.0 Å². The maximum absolute atomic E-state index is 10.8. The zero-order valence-electron chi connectivity index (χ0n) is 9.58. The molecule has 0 bridgehead atoms. The summed E-state index contributed by atoms with van der Waals surface area (Å²) in [5, 5.41) is 31.6. The first-order valence-electron chi connectivity index (χ1n) is 4.13. The molecule has 1 aromatic rings. The summed E-state index contributed by atoms with van der Waals surface area (Å²) in [5.41, 5.74) is -4.11. The second-order valence-corrected chi connectivity index (χ2v) is 4.36. The monoisotopic (exact) mass is 425 g/mol. The number of nitrogens with zero attached hydrogens (tertiary/aromatic N) is 3. The van der Waals surface area contributed by atoms with Gasteiger partial charge in [-0.3, -0.25) is 30.3 Å². The standard InChI is InChI=1S/C6H3N3O9S.Cs/c10-7(11)3-1-4(8(12)13)6(19(16,17)18)5(2-3)9(14)15;/h1-2H,(H,16,17,18);/q;+1/p-1. The molecule has 14 heteroatoms. The van der Waals surface area contributed by atoms with Crippen LogP contribution in [0.25, 0.3) is 0 Å². The topological polar surface area (TPSA) is 187 Å². The summed E-state index contributed by atoms with van der Waals surface area (Å²) in [4.78, 5) is 25.8. The van der Waals surface area contributed by atoms with E-state index in [0.29, 0.717) is 0 Å². The van der Waals surface area contributed by atoms with Gasteiger partial charge in [-0.05, 0) is 0 Å². The third kappa shape index (κ3) is 4.19. The molecule has 0 atom stereocenters. The van der Waals surface area contributed by atoms with Gasteiger partial charge in [-0.1, -0.05) is 0 Å². The molecule has 12 nitrogen and oxygen atoms in total. The molecule has 0 amide bonds. The van der Waals surface area contributed by atoms with E-state index in [1.54, 1.807) is 0 Å². The van der Waals surface area contributed by atoms with Crippen LogP contribution in [0.3, 0.4) is 0 Å². The van der Waals surface area contributed by atoms with Crippen molar-refractivity contribution in [1.29, 1.82) is 0 Å². The van der Waals surface area contributed by atoms with Crippen molar-refractivity contribution in [2.45, 2.75) is 4.90 Å². The van der Waals surface area contributed by atoms with Crippen LogP contribution in [0.2, 0.25) is 0 Å². The molecule has 0 heterocycles. The Morgan fingerprint density at radius 3 is 1.40 bits per heavy atom. The minimum Gasteiger partial charge on any atom is -0.744 e. The van der Waals surface area contributed by atoms with Gasteiger partial charge in [0.05, 0.1) is 26.9 Å². The Labute approximate surface area is 168 Å². The molecule has 20 heavy (non-hydrogen) atoms. The van der Waals surface area contributed by atoms with Gasteiger partial charge >= 0.3 is 80.3 Å². The molecule has 0 N–H and O–H groups in total. The van der Waals surface area contributed by atoms with E-state index in [-0.39, 0.29) is 81.0 Å². The van der Waals surface area contributed by atoms with Crippen LogP contribution in [-0.2, 0) is 10.1 Å². The van der Waals surface area contributed by atoms with Gasteiger partial charge in [0, 0.05) is 0 Å². The Hall–Kier alpha value is -0.618. The van der Waals surface area contributed by atoms with Gasteiger partial charge in [0.25, 0.3) is 5.69 Å². The molecule has 0 aromatic heterocycles. The molecule has 0 aliphatic rings. The Morgan fingerprint density at radius 1 is 0.850 bits per heavy atom. The van der Waals surface area contributed by atoms with E-state index in [4.69, 9.17) is 0 Å². The minimum atomic E-state index is -5.55. The van der Waals surface area contributed by atoms with Crippen LogP contribution >= 0.6 is 0 Å². The molecule has 0 aliphatic carbocycles. The van der Waals surface area contributed by atoms with Crippen molar-refractivity contribution in [3.05, 3.63) is 42.5 Å². The predicted octanol–water partition coefficient (Wildman–Crippen LogP) is -2.68. The molecule has 0 radical (unpaired) electrons. The van der Waals surface area contributed by atoms with Crippen molar-refractivity contribution in [1.82, 2.24) is 0 Å². The Kier molecular flexibility index (Phi) is 6.68. The SMILES string of the molecule is O=[N+]([O-])c1cc([N+](=O)[O-])c(S(=O)(=O)[O-])c([N+](=O)[O-])c1.[Cs+]. The Bertz CT molecular complexity index is 665. The number of hydrogen-bond donors (Lipinski definition) is 0. The molecule has 0 spiro atoms. The normalized spacial score (nSPS) is 10.4. The van der Waals surface area contributed by atoms with E-state index in [0.717, 1.165) is 0 Å².